The van der Waals surface area contributed by atoms with Gasteiger partial charge in [-0.1, -0.05) is 6.07 Å². The van der Waals surface area contributed by atoms with Gasteiger partial charge in [-0.3, -0.25) is 25.0 Å². The predicted molar refractivity (Wildman–Crippen MR) is 85.8 cm³/mol. The van der Waals surface area contributed by atoms with Crippen LogP contribution in [0.15, 0.2) is 23.8 Å². The van der Waals surface area contributed by atoms with Crippen molar-refractivity contribution >= 4 is 41.2 Å². The molecule has 2 rings (SSSR count). The number of ether oxygens (including phenoxy) is 2. The third kappa shape index (κ3) is 4.13. The number of rotatable bonds is 4. The van der Waals surface area contributed by atoms with E-state index >= 15 is 0 Å². The number of thiocarbonyl (C=S) groups is 1. The molecule has 8 heteroatoms. The zero-order valence-electron chi connectivity index (χ0n) is 12.5. The van der Waals surface area contributed by atoms with Crippen molar-refractivity contribution in [3.8, 4) is 11.5 Å². The van der Waals surface area contributed by atoms with Gasteiger partial charge in [0.2, 0.25) is 0 Å². The summed E-state index contributed by atoms with van der Waals surface area (Å²) in [7, 11) is 0. The van der Waals surface area contributed by atoms with E-state index in [4.69, 9.17) is 21.7 Å². The van der Waals surface area contributed by atoms with E-state index in [9.17, 15) is 14.4 Å². The minimum atomic E-state index is -0.583. The molecule has 1 aromatic carbocycles. The molecule has 1 heterocycles. The molecular formula is C15H14N2O5S. The zero-order chi connectivity index (χ0) is 17.0. The van der Waals surface area contributed by atoms with Gasteiger partial charge in [0.1, 0.15) is 5.57 Å². The number of esters is 1. The number of amides is 2. The normalized spacial score (nSPS) is 14.0. The summed E-state index contributed by atoms with van der Waals surface area (Å²) in [5.74, 6) is -1.04. The SMILES string of the molecule is CCOc1cc(C=C2C(=O)NC(=S)NC2=O)ccc1OC(C)=O. The van der Waals surface area contributed by atoms with Crippen molar-refractivity contribution < 1.29 is 23.9 Å². The van der Waals surface area contributed by atoms with Gasteiger partial charge in [0.05, 0.1) is 6.61 Å². The second kappa shape index (κ2) is 7.01. The van der Waals surface area contributed by atoms with E-state index in [1.54, 1.807) is 19.1 Å². The van der Waals surface area contributed by atoms with E-state index in [0.29, 0.717) is 17.9 Å². The van der Waals surface area contributed by atoms with Gasteiger partial charge in [0.25, 0.3) is 11.8 Å². The van der Waals surface area contributed by atoms with Crippen LogP contribution in [0.3, 0.4) is 0 Å². The van der Waals surface area contributed by atoms with E-state index in [0.717, 1.165) is 0 Å². The van der Waals surface area contributed by atoms with E-state index < -0.39 is 17.8 Å². The molecule has 2 N–H and O–H groups in total. The van der Waals surface area contributed by atoms with Crippen LogP contribution in [0.25, 0.3) is 6.08 Å². The molecule has 1 saturated heterocycles. The number of nitrogens with one attached hydrogen (secondary N) is 2. The molecule has 0 bridgehead atoms. The van der Waals surface area contributed by atoms with E-state index in [1.165, 1.54) is 19.1 Å². The molecule has 2 amide bonds. The first-order chi connectivity index (χ1) is 10.9. The molecule has 1 aliphatic heterocycles. The summed E-state index contributed by atoms with van der Waals surface area (Å²) in [5, 5.41) is 4.67. The lowest BCUT2D eigenvalue weighted by molar-refractivity contribution is -0.132. The number of hydrogen-bond acceptors (Lipinski definition) is 6. The molecule has 1 aromatic rings. The molecular weight excluding hydrogens is 320 g/mol. The monoisotopic (exact) mass is 334 g/mol. The highest BCUT2D eigenvalue weighted by atomic mass is 32.1. The average molecular weight is 334 g/mol. The third-order valence-corrected chi connectivity index (χ3v) is 2.98. The maximum absolute atomic E-state index is 11.8. The molecule has 0 aromatic heterocycles. The summed E-state index contributed by atoms with van der Waals surface area (Å²) in [6, 6.07) is 4.70. The molecule has 120 valence electrons. The summed E-state index contributed by atoms with van der Waals surface area (Å²) < 4.78 is 10.4. The lowest BCUT2D eigenvalue weighted by atomic mass is 10.1. The molecule has 23 heavy (non-hydrogen) atoms. The van der Waals surface area contributed by atoms with Gasteiger partial charge < -0.3 is 9.47 Å². The Kier molecular flexibility index (Phi) is 5.07. The zero-order valence-corrected chi connectivity index (χ0v) is 13.3. The topological polar surface area (TPSA) is 93.7 Å². The Bertz CT molecular complexity index is 705. The highest BCUT2D eigenvalue weighted by Gasteiger charge is 2.25. The van der Waals surface area contributed by atoms with Gasteiger partial charge in [0.15, 0.2) is 16.6 Å². The van der Waals surface area contributed by atoms with Crippen LogP contribution in [0.5, 0.6) is 11.5 Å². The van der Waals surface area contributed by atoms with Crippen molar-refractivity contribution in [2.45, 2.75) is 13.8 Å². The van der Waals surface area contributed by atoms with Crippen LogP contribution >= 0.6 is 12.2 Å². The van der Waals surface area contributed by atoms with E-state index in [1.807, 2.05) is 0 Å². The highest BCUT2D eigenvalue weighted by Crippen LogP contribution is 2.29. The van der Waals surface area contributed by atoms with Gasteiger partial charge >= 0.3 is 5.97 Å². The van der Waals surface area contributed by atoms with Gasteiger partial charge in [-0.25, -0.2) is 0 Å². The van der Waals surface area contributed by atoms with Gasteiger partial charge in [-0.2, -0.15) is 0 Å². The lowest BCUT2D eigenvalue weighted by Crippen LogP contribution is -2.51. The molecule has 0 unspecified atom stereocenters. The molecule has 0 aliphatic carbocycles. The summed E-state index contributed by atoms with van der Waals surface area (Å²) in [5.41, 5.74) is 0.457. The van der Waals surface area contributed by atoms with Crippen LogP contribution in [-0.4, -0.2) is 29.5 Å². The fourth-order valence-corrected chi connectivity index (χ4v) is 2.08. The van der Waals surface area contributed by atoms with E-state index in [-0.39, 0.29) is 16.4 Å². The van der Waals surface area contributed by atoms with Crippen LogP contribution in [0, 0.1) is 0 Å². The minimum absolute atomic E-state index is 0.0302. The van der Waals surface area contributed by atoms with Crippen molar-refractivity contribution in [1.29, 1.82) is 0 Å². The first kappa shape index (κ1) is 16.6. The first-order valence-electron chi connectivity index (χ1n) is 6.74. The quantitative estimate of drug-likeness (QED) is 0.280. The molecule has 0 atom stereocenters. The number of hydrogen-bond donors (Lipinski definition) is 2. The standard InChI is InChI=1S/C15H14N2O5S/c1-3-21-12-7-9(4-5-11(12)22-8(2)18)6-10-13(19)16-15(23)17-14(10)20/h4-7H,3H2,1-2H3,(H2,16,17,19,20,23). The highest BCUT2D eigenvalue weighted by molar-refractivity contribution is 7.80. The number of carbonyl (C=O) groups is 3. The largest absolute Gasteiger partial charge is 0.490 e. The van der Waals surface area contributed by atoms with Gasteiger partial charge in [-0.05, 0) is 42.9 Å². The van der Waals surface area contributed by atoms with Crippen LogP contribution in [0.4, 0.5) is 0 Å². The predicted octanol–water partition coefficient (Wildman–Crippen LogP) is 0.925. The molecule has 7 nitrogen and oxygen atoms in total. The fourth-order valence-electron chi connectivity index (χ4n) is 1.89. The second-order valence-electron chi connectivity index (χ2n) is 4.53. The Morgan fingerprint density at radius 1 is 1.22 bits per heavy atom. The Balaban J connectivity index is 2.36. The van der Waals surface area contributed by atoms with Crippen LogP contribution in [-0.2, 0) is 14.4 Å². The van der Waals surface area contributed by atoms with Crippen molar-refractivity contribution in [1.82, 2.24) is 10.6 Å². The third-order valence-electron chi connectivity index (χ3n) is 2.78. The van der Waals surface area contributed by atoms with Crippen molar-refractivity contribution in [2.24, 2.45) is 0 Å². The maximum Gasteiger partial charge on any atom is 0.308 e. The van der Waals surface area contributed by atoms with Crippen LogP contribution in [0.2, 0.25) is 0 Å². The molecule has 1 aliphatic rings. The summed E-state index contributed by atoms with van der Waals surface area (Å²) in [4.78, 5) is 34.7. The number of benzene rings is 1. The molecule has 0 spiro atoms. The number of carbonyl (C=O) groups excluding carboxylic acids is 3. The van der Waals surface area contributed by atoms with Gasteiger partial charge in [-0.15, -0.1) is 0 Å². The lowest BCUT2D eigenvalue weighted by Gasteiger charge is -2.16. The Labute approximate surface area is 137 Å². The first-order valence-corrected chi connectivity index (χ1v) is 7.15. The second-order valence-corrected chi connectivity index (χ2v) is 4.94. The Morgan fingerprint density at radius 3 is 2.43 bits per heavy atom. The summed E-state index contributed by atoms with van der Waals surface area (Å²) in [6.07, 6.45) is 1.40. The molecule has 0 saturated carbocycles. The van der Waals surface area contributed by atoms with Crippen LogP contribution in [0.1, 0.15) is 19.4 Å². The van der Waals surface area contributed by atoms with E-state index in [2.05, 4.69) is 10.6 Å². The van der Waals surface area contributed by atoms with Crippen molar-refractivity contribution in [3.05, 3.63) is 29.3 Å². The molecule has 1 fully saturated rings. The Hall–Kier alpha value is -2.74. The smallest absolute Gasteiger partial charge is 0.308 e. The maximum atomic E-state index is 11.8. The van der Waals surface area contributed by atoms with Crippen LogP contribution < -0.4 is 20.1 Å². The van der Waals surface area contributed by atoms with Crippen molar-refractivity contribution in [3.63, 3.8) is 0 Å². The summed E-state index contributed by atoms with van der Waals surface area (Å²) in [6.45, 7) is 3.43. The van der Waals surface area contributed by atoms with Gasteiger partial charge in [0, 0.05) is 6.92 Å². The van der Waals surface area contributed by atoms with Crippen molar-refractivity contribution in [2.75, 3.05) is 6.61 Å². The Morgan fingerprint density at radius 2 is 1.87 bits per heavy atom. The summed E-state index contributed by atoms with van der Waals surface area (Å²) >= 11 is 4.73. The average Bonchev–Trinajstić information content (AvgIpc) is 2.45. The molecule has 0 radical (unpaired) electrons. The fraction of sp³-hybridized carbons (Fsp3) is 0.200. The minimum Gasteiger partial charge on any atom is -0.490 e.